The number of allylic oxidation sites excluding steroid dienone is 2. The molecule has 0 saturated carbocycles. The molecule has 0 spiro atoms. The van der Waals surface area contributed by atoms with Gasteiger partial charge in [-0.1, -0.05) is 17.7 Å². The van der Waals surface area contributed by atoms with Crippen LogP contribution in [-0.4, -0.2) is 73.7 Å². The van der Waals surface area contributed by atoms with Gasteiger partial charge in [-0.05, 0) is 109 Å². The molecule has 1 rings (SSSR count). The first kappa shape index (κ1) is 35.7. The smallest absolute Gasteiger partial charge is 0.349 e. The van der Waals surface area contributed by atoms with Gasteiger partial charge in [0.2, 0.25) is 9.84 Å². The summed E-state index contributed by atoms with van der Waals surface area (Å²) in [4.78, 5) is 13.9. The molecular weight excluding hydrogens is 583 g/mol. The number of nitrogens with zero attached hydrogens (tertiary/aromatic N) is 1. The van der Waals surface area contributed by atoms with Crippen molar-refractivity contribution in [3.63, 3.8) is 0 Å². The second kappa shape index (κ2) is 14.0. The first-order valence-electron chi connectivity index (χ1n) is 13.2. The highest BCUT2D eigenvalue weighted by Gasteiger charge is 2.44. The molecule has 1 unspecified atom stereocenters. The van der Waals surface area contributed by atoms with Gasteiger partial charge in [0, 0.05) is 13.6 Å². The number of methoxy groups -OCH3 is 1. The van der Waals surface area contributed by atoms with Gasteiger partial charge in [0.05, 0.1) is 12.0 Å². The van der Waals surface area contributed by atoms with Crippen LogP contribution in [0.1, 0.15) is 12.0 Å². The molecule has 1 aromatic carbocycles. The predicted molar refractivity (Wildman–Crippen MR) is 169 cm³/mol. The SMILES string of the molecule is COC(=O)/C(=C\C=C\N(C)CCC[Si](C)(O[Si](C)(C)C)O[Si](C)(C)O[Si](C)(C)C)S(=O)(=O)c1ccc(C)cc1. The van der Waals surface area contributed by atoms with E-state index in [0.29, 0.717) is 6.54 Å². The number of carbonyl (C=O) groups excluding carboxylic acids is 1. The Labute approximate surface area is 241 Å². The third-order valence-corrected chi connectivity index (χ3v) is 20.6. The minimum absolute atomic E-state index is 0.0442. The number of benzene rings is 1. The minimum atomic E-state index is -4.02. The van der Waals surface area contributed by atoms with Crippen LogP contribution < -0.4 is 0 Å². The predicted octanol–water partition coefficient (Wildman–Crippen LogP) is 6.15. The van der Waals surface area contributed by atoms with Gasteiger partial charge in [0.1, 0.15) is 0 Å². The number of rotatable bonds is 15. The first-order chi connectivity index (χ1) is 17.6. The lowest BCUT2D eigenvalue weighted by molar-refractivity contribution is -0.135. The van der Waals surface area contributed by atoms with E-state index in [1.165, 1.54) is 25.3 Å². The summed E-state index contributed by atoms with van der Waals surface area (Å²) in [6, 6.07) is 7.17. The summed E-state index contributed by atoms with van der Waals surface area (Å²) in [5.74, 6) is -0.905. The van der Waals surface area contributed by atoms with Gasteiger partial charge in [-0.3, -0.25) is 0 Å². The summed E-state index contributed by atoms with van der Waals surface area (Å²) >= 11 is 0. The summed E-state index contributed by atoms with van der Waals surface area (Å²) < 4.78 is 50.7. The van der Waals surface area contributed by atoms with E-state index in [9.17, 15) is 13.2 Å². The summed E-state index contributed by atoms with van der Waals surface area (Å²) in [7, 11) is -9.42. The number of aryl methyl sites for hydroxylation is 1. The average Bonchev–Trinajstić information content (AvgIpc) is 2.72. The van der Waals surface area contributed by atoms with E-state index in [-0.39, 0.29) is 4.90 Å². The highest BCUT2D eigenvalue weighted by molar-refractivity contribution is 7.96. The standard InChI is InChI=1S/C26H49NO7SSi4/c1-23-16-18-24(19-17-23)35(29,30)25(26(28)31-3)15-13-20-27(2)21-14-22-39(12,33-37(7,8)9)34-38(10,11)32-36(4,5)6/h13,15-20H,14,21-22H2,1-12H3/b20-13+,25-15+. The molecule has 13 heteroatoms. The van der Waals surface area contributed by atoms with Gasteiger partial charge in [-0.25, -0.2) is 13.2 Å². The van der Waals surface area contributed by atoms with Crippen molar-refractivity contribution in [2.75, 3.05) is 20.7 Å². The van der Waals surface area contributed by atoms with Crippen molar-refractivity contribution in [3.05, 3.63) is 53.1 Å². The Morgan fingerprint density at radius 2 is 1.44 bits per heavy atom. The Morgan fingerprint density at radius 3 is 1.92 bits per heavy atom. The van der Waals surface area contributed by atoms with Crippen molar-refractivity contribution in [1.29, 1.82) is 0 Å². The molecular formula is C26H49NO7SSi4. The topological polar surface area (TPSA) is 91.4 Å². The Hall–Kier alpha value is -1.33. The molecule has 1 atom stereocenters. The van der Waals surface area contributed by atoms with Crippen molar-refractivity contribution in [2.24, 2.45) is 0 Å². The molecule has 0 heterocycles. The first-order valence-corrected chi connectivity index (χ1v) is 26.8. The zero-order valence-electron chi connectivity index (χ0n) is 25.9. The molecule has 8 nitrogen and oxygen atoms in total. The van der Waals surface area contributed by atoms with Crippen LogP contribution in [0.3, 0.4) is 0 Å². The van der Waals surface area contributed by atoms with E-state index < -0.39 is 54.5 Å². The van der Waals surface area contributed by atoms with Crippen LogP contribution in [0.25, 0.3) is 0 Å². The number of hydrogen-bond donors (Lipinski definition) is 0. The lowest BCUT2D eigenvalue weighted by atomic mass is 10.2. The fraction of sp³-hybridized carbons (Fsp3) is 0.577. The van der Waals surface area contributed by atoms with Crippen LogP contribution in [0.15, 0.2) is 52.4 Å². The van der Waals surface area contributed by atoms with Gasteiger partial charge < -0.3 is 22.0 Å². The van der Waals surface area contributed by atoms with Crippen molar-refractivity contribution < 1.29 is 30.3 Å². The largest absolute Gasteiger partial charge is 0.465 e. The van der Waals surface area contributed by atoms with Gasteiger partial charge in [0.15, 0.2) is 21.5 Å². The van der Waals surface area contributed by atoms with Crippen LogP contribution in [0, 0.1) is 6.92 Å². The maximum absolute atomic E-state index is 13.1. The maximum atomic E-state index is 13.1. The van der Waals surface area contributed by atoms with E-state index in [1.54, 1.807) is 24.4 Å². The highest BCUT2D eigenvalue weighted by Crippen LogP contribution is 2.28. The molecule has 39 heavy (non-hydrogen) atoms. The maximum Gasteiger partial charge on any atom is 0.349 e. The van der Waals surface area contributed by atoms with E-state index in [0.717, 1.165) is 18.0 Å². The van der Waals surface area contributed by atoms with E-state index >= 15 is 0 Å². The minimum Gasteiger partial charge on any atom is -0.465 e. The van der Waals surface area contributed by atoms with E-state index in [2.05, 4.69) is 58.9 Å². The lowest BCUT2D eigenvalue weighted by Crippen LogP contribution is -2.56. The Morgan fingerprint density at radius 1 is 0.897 bits per heavy atom. The second-order valence-corrected chi connectivity index (χ2v) is 30.7. The monoisotopic (exact) mass is 631 g/mol. The van der Waals surface area contributed by atoms with Crippen molar-refractivity contribution in [2.45, 2.75) is 83.2 Å². The number of esters is 1. The summed E-state index contributed by atoms with van der Waals surface area (Å²) in [6.07, 6.45) is 5.43. The van der Waals surface area contributed by atoms with Crippen LogP contribution in [0.4, 0.5) is 0 Å². The number of carbonyl (C=O) groups is 1. The fourth-order valence-corrected chi connectivity index (χ4v) is 23.5. The third kappa shape index (κ3) is 13.3. The molecule has 0 fully saturated rings. The second-order valence-electron chi connectivity index (χ2n) is 12.3. The van der Waals surface area contributed by atoms with Gasteiger partial charge in [-0.2, -0.15) is 0 Å². The van der Waals surface area contributed by atoms with Gasteiger partial charge in [0.25, 0.3) is 0 Å². The lowest BCUT2D eigenvalue weighted by Gasteiger charge is -2.41. The molecule has 0 saturated heterocycles. The number of ether oxygens (including phenoxy) is 1. The normalized spacial score (nSPS) is 15.3. The summed E-state index contributed by atoms with van der Waals surface area (Å²) in [6.45, 7) is 22.0. The van der Waals surface area contributed by atoms with Crippen LogP contribution in [0.5, 0.6) is 0 Å². The molecule has 222 valence electrons. The molecule has 0 aliphatic heterocycles. The van der Waals surface area contributed by atoms with Crippen molar-refractivity contribution >= 4 is 49.6 Å². The van der Waals surface area contributed by atoms with Crippen LogP contribution in [0.2, 0.25) is 65.0 Å². The molecule has 0 aliphatic carbocycles. The molecule has 0 aromatic heterocycles. The molecule has 1 aromatic rings. The molecule has 0 radical (unpaired) electrons. The molecule has 0 amide bonds. The molecule has 0 aliphatic rings. The Balaban J connectivity index is 2.99. The van der Waals surface area contributed by atoms with Crippen molar-refractivity contribution in [3.8, 4) is 0 Å². The van der Waals surface area contributed by atoms with Gasteiger partial charge in [-0.15, -0.1) is 0 Å². The Bertz CT molecular complexity index is 1120. The van der Waals surface area contributed by atoms with Crippen LogP contribution >= 0.6 is 0 Å². The zero-order valence-corrected chi connectivity index (χ0v) is 30.7. The Kier molecular flexibility index (Phi) is 12.8. The zero-order chi connectivity index (χ0) is 30.3. The molecule has 0 bridgehead atoms. The average molecular weight is 632 g/mol. The number of sulfone groups is 1. The fourth-order valence-electron chi connectivity index (χ4n) is 4.26. The van der Waals surface area contributed by atoms with Crippen LogP contribution in [-0.2, 0) is 31.7 Å². The third-order valence-electron chi connectivity index (χ3n) is 5.27. The number of hydrogen-bond acceptors (Lipinski definition) is 8. The van der Waals surface area contributed by atoms with E-state index in [4.69, 9.17) is 17.1 Å². The summed E-state index contributed by atoms with van der Waals surface area (Å²) in [5, 5.41) is 0. The quantitative estimate of drug-likeness (QED) is 0.0985. The molecule has 0 N–H and O–H groups in total. The van der Waals surface area contributed by atoms with Gasteiger partial charge >= 0.3 is 23.1 Å². The van der Waals surface area contributed by atoms with Crippen molar-refractivity contribution in [1.82, 2.24) is 4.90 Å². The van der Waals surface area contributed by atoms with E-state index in [1.807, 2.05) is 18.9 Å². The highest BCUT2D eigenvalue weighted by atomic mass is 32.2. The summed E-state index contributed by atoms with van der Waals surface area (Å²) in [5.41, 5.74) is 0.924.